The van der Waals surface area contributed by atoms with Crippen LogP contribution in [0.2, 0.25) is 0 Å². The molecule has 0 radical (unpaired) electrons. The molecule has 0 saturated heterocycles. The minimum absolute atomic E-state index is 0.0979. The topological polar surface area (TPSA) is 73.6 Å². The molecule has 0 atom stereocenters. The van der Waals surface area contributed by atoms with Crippen molar-refractivity contribution in [2.24, 2.45) is 0 Å². The first kappa shape index (κ1) is 14.1. The van der Waals surface area contributed by atoms with E-state index in [1.807, 2.05) is 12.1 Å². The van der Waals surface area contributed by atoms with Crippen molar-refractivity contribution in [1.82, 2.24) is 0 Å². The summed E-state index contributed by atoms with van der Waals surface area (Å²) < 4.78 is 10.4. The highest BCUT2D eigenvalue weighted by Gasteiger charge is 2.09. The molecule has 0 amide bonds. The molecule has 0 saturated carbocycles. The van der Waals surface area contributed by atoms with Gasteiger partial charge in [0.2, 0.25) is 0 Å². The molecule has 1 N–H and O–H groups in total. The number of benzene rings is 1. The molecule has 0 aliphatic rings. The Balaban J connectivity index is 2.07. The monoisotopic (exact) mass is 294 g/mol. The quantitative estimate of drug-likeness (QED) is 0.653. The fraction of sp³-hybridized carbons (Fsp3) is 0.231. The van der Waals surface area contributed by atoms with E-state index in [1.54, 1.807) is 20.3 Å². The lowest BCUT2D eigenvalue weighted by Gasteiger charge is -2.09. The fourth-order valence-electron chi connectivity index (χ4n) is 1.67. The third kappa shape index (κ3) is 3.39. The molecule has 0 bridgehead atoms. The number of nitro groups is 1. The lowest BCUT2D eigenvalue weighted by atomic mass is 10.2. The lowest BCUT2D eigenvalue weighted by Crippen LogP contribution is -1.99. The summed E-state index contributed by atoms with van der Waals surface area (Å²) in [6.07, 6.45) is 0. The molecular formula is C13H14N2O4S. The Kier molecular flexibility index (Phi) is 4.41. The van der Waals surface area contributed by atoms with Gasteiger partial charge in [0.15, 0.2) is 0 Å². The molecule has 106 valence electrons. The highest BCUT2D eigenvalue weighted by molar-refractivity contribution is 7.14. The third-order valence-corrected chi connectivity index (χ3v) is 3.55. The molecule has 0 spiro atoms. The van der Waals surface area contributed by atoms with Crippen LogP contribution in [-0.4, -0.2) is 19.1 Å². The number of anilines is 1. The van der Waals surface area contributed by atoms with Crippen molar-refractivity contribution in [3.05, 3.63) is 45.3 Å². The molecule has 2 rings (SSSR count). The average Bonchev–Trinajstić information content (AvgIpc) is 2.93. The van der Waals surface area contributed by atoms with E-state index in [1.165, 1.54) is 22.8 Å². The molecule has 7 heteroatoms. The van der Waals surface area contributed by atoms with Gasteiger partial charge in [-0.15, -0.1) is 11.3 Å². The van der Waals surface area contributed by atoms with Crippen LogP contribution < -0.4 is 14.8 Å². The zero-order valence-corrected chi connectivity index (χ0v) is 11.9. The van der Waals surface area contributed by atoms with Crippen LogP contribution in [0.4, 0.5) is 10.7 Å². The van der Waals surface area contributed by atoms with Crippen LogP contribution in [0, 0.1) is 10.1 Å². The number of rotatable bonds is 6. The van der Waals surface area contributed by atoms with E-state index in [9.17, 15) is 10.1 Å². The van der Waals surface area contributed by atoms with Gasteiger partial charge in [-0.3, -0.25) is 10.1 Å². The zero-order chi connectivity index (χ0) is 14.5. The van der Waals surface area contributed by atoms with Crippen molar-refractivity contribution in [3.8, 4) is 11.5 Å². The number of nitrogens with zero attached hydrogens (tertiary/aromatic N) is 1. The molecule has 1 aromatic carbocycles. The summed E-state index contributed by atoms with van der Waals surface area (Å²) in [4.78, 5) is 10.2. The van der Waals surface area contributed by atoms with Crippen LogP contribution in [0.1, 0.15) is 5.56 Å². The Morgan fingerprint density at radius 1 is 1.20 bits per heavy atom. The normalized spacial score (nSPS) is 10.1. The standard InChI is InChI=1S/C13H14N2O4S/c1-18-11-3-9(4-12(6-11)19-2)7-14-13-5-10(8-20-13)15(16)17/h3-6,8,14H,7H2,1-2H3. The summed E-state index contributed by atoms with van der Waals surface area (Å²) in [7, 11) is 3.18. The van der Waals surface area contributed by atoms with Gasteiger partial charge in [0, 0.05) is 12.6 Å². The Labute approximate surface area is 120 Å². The predicted molar refractivity (Wildman–Crippen MR) is 77.8 cm³/mol. The Morgan fingerprint density at radius 3 is 2.35 bits per heavy atom. The maximum Gasteiger partial charge on any atom is 0.282 e. The first-order chi connectivity index (χ1) is 9.62. The van der Waals surface area contributed by atoms with Gasteiger partial charge in [0.05, 0.1) is 35.6 Å². The molecule has 1 aromatic heterocycles. The van der Waals surface area contributed by atoms with Gasteiger partial charge in [-0.05, 0) is 17.7 Å². The maximum atomic E-state index is 10.6. The Bertz CT molecular complexity index is 590. The van der Waals surface area contributed by atoms with Gasteiger partial charge in [-0.1, -0.05) is 0 Å². The van der Waals surface area contributed by atoms with Crippen molar-refractivity contribution < 1.29 is 14.4 Å². The van der Waals surface area contributed by atoms with Gasteiger partial charge in [-0.25, -0.2) is 0 Å². The summed E-state index contributed by atoms with van der Waals surface area (Å²) in [6, 6.07) is 7.08. The van der Waals surface area contributed by atoms with Crippen LogP contribution in [0.5, 0.6) is 11.5 Å². The third-order valence-electron chi connectivity index (χ3n) is 2.67. The lowest BCUT2D eigenvalue weighted by molar-refractivity contribution is -0.384. The number of hydrogen-bond donors (Lipinski definition) is 1. The Morgan fingerprint density at radius 2 is 1.85 bits per heavy atom. The van der Waals surface area contributed by atoms with Crippen molar-refractivity contribution in [2.45, 2.75) is 6.54 Å². The van der Waals surface area contributed by atoms with E-state index in [4.69, 9.17) is 9.47 Å². The first-order valence-corrected chi connectivity index (χ1v) is 6.69. The fourth-order valence-corrected chi connectivity index (χ4v) is 2.42. The number of thiophene rings is 1. The van der Waals surface area contributed by atoms with Gasteiger partial charge >= 0.3 is 0 Å². The number of ether oxygens (including phenoxy) is 2. The SMILES string of the molecule is COc1cc(CNc2cc([N+](=O)[O-])cs2)cc(OC)c1. The summed E-state index contributed by atoms with van der Waals surface area (Å²) in [5.74, 6) is 1.41. The van der Waals surface area contributed by atoms with Crippen LogP contribution in [0.3, 0.4) is 0 Å². The van der Waals surface area contributed by atoms with Crippen LogP contribution >= 0.6 is 11.3 Å². The molecule has 0 fully saturated rings. The van der Waals surface area contributed by atoms with E-state index in [0.717, 1.165) is 10.6 Å². The average molecular weight is 294 g/mol. The van der Waals surface area contributed by atoms with Gasteiger partial charge in [0.25, 0.3) is 5.69 Å². The van der Waals surface area contributed by atoms with Gasteiger partial charge in [-0.2, -0.15) is 0 Å². The minimum Gasteiger partial charge on any atom is -0.497 e. The highest BCUT2D eigenvalue weighted by atomic mass is 32.1. The molecule has 6 nitrogen and oxygen atoms in total. The van der Waals surface area contributed by atoms with E-state index in [0.29, 0.717) is 18.0 Å². The number of nitrogens with one attached hydrogen (secondary N) is 1. The second-order valence-electron chi connectivity index (χ2n) is 4.00. The minimum atomic E-state index is -0.406. The van der Waals surface area contributed by atoms with Crippen molar-refractivity contribution >= 4 is 22.0 Å². The highest BCUT2D eigenvalue weighted by Crippen LogP contribution is 2.27. The van der Waals surface area contributed by atoms with E-state index in [2.05, 4.69) is 5.32 Å². The molecule has 0 unspecified atom stereocenters. The number of hydrogen-bond acceptors (Lipinski definition) is 6. The summed E-state index contributed by atoms with van der Waals surface area (Å²) in [5, 5.41) is 16.0. The largest absolute Gasteiger partial charge is 0.497 e. The summed E-state index contributed by atoms with van der Waals surface area (Å²) in [6.45, 7) is 0.533. The first-order valence-electron chi connectivity index (χ1n) is 5.81. The molecule has 1 heterocycles. The van der Waals surface area contributed by atoms with Crippen molar-refractivity contribution in [2.75, 3.05) is 19.5 Å². The molecule has 0 aliphatic heterocycles. The van der Waals surface area contributed by atoms with Crippen LogP contribution in [0.25, 0.3) is 0 Å². The predicted octanol–water partition coefficient (Wildman–Crippen LogP) is 3.29. The number of methoxy groups -OCH3 is 2. The van der Waals surface area contributed by atoms with E-state index < -0.39 is 4.92 Å². The van der Waals surface area contributed by atoms with Gasteiger partial charge < -0.3 is 14.8 Å². The summed E-state index contributed by atoms with van der Waals surface area (Å²) in [5.41, 5.74) is 1.07. The molecule has 0 aliphatic carbocycles. The summed E-state index contributed by atoms with van der Waals surface area (Å²) >= 11 is 1.30. The molecule has 20 heavy (non-hydrogen) atoms. The molecular weight excluding hydrogens is 280 g/mol. The van der Waals surface area contributed by atoms with Crippen molar-refractivity contribution in [3.63, 3.8) is 0 Å². The second kappa shape index (κ2) is 6.25. The second-order valence-corrected chi connectivity index (χ2v) is 4.91. The maximum absolute atomic E-state index is 10.6. The van der Waals surface area contributed by atoms with E-state index >= 15 is 0 Å². The molecule has 2 aromatic rings. The Hall–Kier alpha value is -2.28. The zero-order valence-electron chi connectivity index (χ0n) is 11.1. The van der Waals surface area contributed by atoms with Crippen molar-refractivity contribution in [1.29, 1.82) is 0 Å². The van der Waals surface area contributed by atoms with Gasteiger partial charge in [0.1, 0.15) is 11.5 Å². The smallest absolute Gasteiger partial charge is 0.282 e. The van der Waals surface area contributed by atoms with E-state index in [-0.39, 0.29) is 5.69 Å². The van der Waals surface area contributed by atoms with Crippen LogP contribution in [-0.2, 0) is 6.54 Å². The van der Waals surface area contributed by atoms with Crippen LogP contribution in [0.15, 0.2) is 29.6 Å².